The van der Waals surface area contributed by atoms with Gasteiger partial charge < -0.3 is 10.6 Å². The standard InChI is InChI=1S/C17H22N4O/c1-5-12-8-6-7-9-14(12)20-15(22)13-10-18-16(19-11-13)21-17(2,3)4/h6-11H,5H2,1-4H3,(H,20,22)(H,18,19,21). The third-order valence-corrected chi connectivity index (χ3v) is 3.05. The van der Waals surface area contributed by atoms with E-state index in [1.165, 1.54) is 12.4 Å². The zero-order valence-electron chi connectivity index (χ0n) is 13.5. The fourth-order valence-corrected chi connectivity index (χ4v) is 1.99. The van der Waals surface area contributed by atoms with Gasteiger partial charge in [0, 0.05) is 23.6 Å². The van der Waals surface area contributed by atoms with Gasteiger partial charge >= 0.3 is 0 Å². The highest BCUT2D eigenvalue weighted by Gasteiger charge is 2.13. The maximum Gasteiger partial charge on any atom is 0.258 e. The number of carbonyl (C=O) groups is 1. The molecule has 2 N–H and O–H groups in total. The monoisotopic (exact) mass is 298 g/mol. The Balaban J connectivity index is 2.10. The third-order valence-electron chi connectivity index (χ3n) is 3.05. The first-order valence-corrected chi connectivity index (χ1v) is 7.38. The molecule has 1 aromatic heterocycles. The van der Waals surface area contributed by atoms with Crippen molar-refractivity contribution in [3.8, 4) is 0 Å². The average molecular weight is 298 g/mol. The molecule has 1 amide bonds. The van der Waals surface area contributed by atoms with E-state index in [4.69, 9.17) is 0 Å². The van der Waals surface area contributed by atoms with Gasteiger partial charge in [-0.1, -0.05) is 25.1 Å². The molecule has 5 heteroatoms. The molecule has 0 saturated heterocycles. The number of hydrogen-bond acceptors (Lipinski definition) is 4. The smallest absolute Gasteiger partial charge is 0.258 e. The van der Waals surface area contributed by atoms with Gasteiger partial charge in [-0.25, -0.2) is 9.97 Å². The van der Waals surface area contributed by atoms with Crippen LogP contribution in [0.1, 0.15) is 43.6 Å². The van der Waals surface area contributed by atoms with Gasteiger partial charge in [-0.15, -0.1) is 0 Å². The molecule has 0 saturated carbocycles. The lowest BCUT2D eigenvalue weighted by Crippen LogP contribution is -2.27. The minimum atomic E-state index is -0.205. The number of rotatable bonds is 4. The summed E-state index contributed by atoms with van der Waals surface area (Å²) in [5, 5.41) is 6.07. The third kappa shape index (κ3) is 4.28. The largest absolute Gasteiger partial charge is 0.350 e. The number of nitrogens with zero attached hydrogens (tertiary/aromatic N) is 2. The molecule has 5 nitrogen and oxygen atoms in total. The quantitative estimate of drug-likeness (QED) is 0.906. The normalized spacial score (nSPS) is 11.1. The Morgan fingerprint density at radius 2 is 1.77 bits per heavy atom. The van der Waals surface area contributed by atoms with Gasteiger partial charge in [0.2, 0.25) is 5.95 Å². The average Bonchev–Trinajstić information content (AvgIpc) is 2.47. The number of benzene rings is 1. The molecular formula is C17H22N4O. The molecule has 0 bridgehead atoms. The van der Waals surface area contributed by atoms with Crippen molar-refractivity contribution in [1.82, 2.24) is 9.97 Å². The Hall–Kier alpha value is -2.43. The van der Waals surface area contributed by atoms with Crippen LogP contribution in [0.2, 0.25) is 0 Å². The molecule has 0 aliphatic carbocycles. The van der Waals surface area contributed by atoms with Crippen LogP contribution in [0, 0.1) is 0 Å². The lowest BCUT2D eigenvalue weighted by Gasteiger charge is -2.20. The number of amides is 1. The molecule has 1 heterocycles. The van der Waals surface area contributed by atoms with E-state index < -0.39 is 0 Å². The van der Waals surface area contributed by atoms with Crippen LogP contribution in [0.25, 0.3) is 0 Å². The Bertz CT molecular complexity index is 644. The van der Waals surface area contributed by atoms with Gasteiger partial charge in [-0.2, -0.15) is 0 Å². The first-order valence-electron chi connectivity index (χ1n) is 7.38. The van der Waals surface area contributed by atoms with Crippen LogP contribution in [0.5, 0.6) is 0 Å². The summed E-state index contributed by atoms with van der Waals surface area (Å²) in [6.45, 7) is 8.14. The highest BCUT2D eigenvalue weighted by molar-refractivity contribution is 6.04. The van der Waals surface area contributed by atoms with Crippen molar-refractivity contribution in [2.75, 3.05) is 10.6 Å². The summed E-state index contributed by atoms with van der Waals surface area (Å²) in [7, 11) is 0. The second-order valence-electron chi connectivity index (χ2n) is 6.14. The first kappa shape index (κ1) is 15.9. The molecule has 0 atom stereocenters. The van der Waals surface area contributed by atoms with Gasteiger partial charge in [-0.05, 0) is 38.8 Å². The van der Waals surface area contributed by atoms with Crippen LogP contribution in [-0.4, -0.2) is 21.4 Å². The number of hydrogen-bond donors (Lipinski definition) is 2. The predicted octanol–water partition coefficient (Wildman–Crippen LogP) is 3.50. The second kappa shape index (κ2) is 6.56. The topological polar surface area (TPSA) is 66.9 Å². The summed E-state index contributed by atoms with van der Waals surface area (Å²) in [6.07, 6.45) is 3.93. The Morgan fingerprint density at radius 1 is 1.14 bits per heavy atom. The molecule has 0 unspecified atom stereocenters. The number of para-hydroxylation sites is 1. The molecule has 0 spiro atoms. The second-order valence-corrected chi connectivity index (χ2v) is 6.14. The predicted molar refractivity (Wildman–Crippen MR) is 89.2 cm³/mol. The Labute approximate surface area is 131 Å². The van der Waals surface area contributed by atoms with E-state index in [2.05, 4.69) is 27.5 Å². The molecule has 1 aromatic carbocycles. The number of aromatic nitrogens is 2. The highest BCUT2D eigenvalue weighted by Crippen LogP contribution is 2.16. The molecule has 0 aliphatic heterocycles. The molecule has 2 rings (SSSR count). The van der Waals surface area contributed by atoms with Crippen LogP contribution in [0.3, 0.4) is 0 Å². The molecule has 2 aromatic rings. The van der Waals surface area contributed by atoms with E-state index in [9.17, 15) is 4.79 Å². The molecule has 0 fully saturated rings. The summed E-state index contributed by atoms with van der Waals surface area (Å²) in [5.74, 6) is 0.307. The zero-order chi connectivity index (χ0) is 16.2. The van der Waals surface area contributed by atoms with Crippen molar-refractivity contribution in [3.05, 3.63) is 47.8 Å². The fourth-order valence-electron chi connectivity index (χ4n) is 1.99. The van der Waals surface area contributed by atoms with Crippen LogP contribution < -0.4 is 10.6 Å². The fraction of sp³-hybridized carbons (Fsp3) is 0.353. The number of nitrogens with one attached hydrogen (secondary N) is 2. The van der Waals surface area contributed by atoms with Crippen LogP contribution in [0.4, 0.5) is 11.6 Å². The summed E-state index contributed by atoms with van der Waals surface area (Å²) >= 11 is 0. The highest BCUT2D eigenvalue weighted by atomic mass is 16.1. The van der Waals surface area contributed by atoms with E-state index in [1.54, 1.807) is 0 Å². The van der Waals surface area contributed by atoms with Crippen molar-refractivity contribution < 1.29 is 4.79 Å². The van der Waals surface area contributed by atoms with Crippen molar-refractivity contribution >= 4 is 17.5 Å². The lowest BCUT2D eigenvalue weighted by atomic mass is 10.1. The van der Waals surface area contributed by atoms with Crippen molar-refractivity contribution in [2.24, 2.45) is 0 Å². The molecule has 0 radical (unpaired) electrons. The van der Waals surface area contributed by atoms with Crippen LogP contribution in [-0.2, 0) is 6.42 Å². The number of carbonyl (C=O) groups excluding carboxylic acids is 1. The number of anilines is 2. The summed E-state index contributed by atoms with van der Waals surface area (Å²) < 4.78 is 0. The van der Waals surface area contributed by atoms with Gasteiger partial charge in [-0.3, -0.25) is 4.79 Å². The van der Waals surface area contributed by atoms with E-state index >= 15 is 0 Å². The van der Waals surface area contributed by atoms with Crippen molar-refractivity contribution in [1.29, 1.82) is 0 Å². The first-order chi connectivity index (χ1) is 10.4. The van der Waals surface area contributed by atoms with Crippen molar-refractivity contribution in [2.45, 2.75) is 39.7 Å². The van der Waals surface area contributed by atoms with Crippen molar-refractivity contribution in [3.63, 3.8) is 0 Å². The zero-order valence-corrected chi connectivity index (χ0v) is 13.5. The van der Waals surface area contributed by atoms with Gasteiger partial charge in [0.1, 0.15) is 0 Å². The SMILES string of the molecule is CCc1ccccc1NC(=O)c1cnc(NC(C)(C)C)nc1. The van der Waals surface area contributed by atoms with Crippen LogP contribution >= 0.6 is 0 Å². The summed E-state index contributed by atoms with van der Waals surface area (Å²) in [4.78, 5) is 20.6. The van der Waals surface area contributed by atoms with E-state index in [1.807, 2.05) is 45.0 Å². The van der Waals surface area contributed by atoms with Gasteiger partial charge in [0.25, 0.3) is 5.91 Å². The van der Waals surface area contributed by atoms with Gasteiger partial charge in [0.15, 0.2) is 0 Å². The van der Waals surface area contributed by atoms with E-state index in [-0.39, 0.29) is 11.4 Å². The van der Waals surface area contributed by atoms with E-state index in [0.717, 1.165) is 17.7 Å². The summed E-state index contributed by atoms with van der Waals surface area (Å²) in [5.41, 5.74) is 2.24. The van der Waals surface area contributed by atoms with E-state index in [0.29, 0.717) is 11.5 Å². The Kier molecular flexibility index (Phi) is 4.75. The summed E-state index contributed by atoms with van der Waals surface area (Å²) in [6, 6.07) is 7.77. The minimum absolute atomic E-state index is 0.121. The maximum absolute atomic E-state index is 12.3. The molecule has 0 aliphatic rings. The lowest BCUT2D eigenvalue weighted by molar-refractivity contribution is 0.102. The molecular weight excluding hydrogens is 276 g/mol. The maximum atomic E-state index is 12.3. The Morgan fingerprint density at radius 3 is 2.36 bits per heavy atom. The molecule has 116 valence electrons. The molecule has 22 heavy (non-hydrogen) atoms. The number of aryl methyl sites for hydroxylation is 1. The van der Waals surface area contributed by atoms with Crippen LogP contribution in [0.15, 0.2) is 36.7 Å². The minimum Gasteiger partial charge on any atom is -0.350 e. The van der Waals surface area contributed by atoms with Gasteiger partial charge in [0.05, 0.1) is 5.56 Å².